The Morgan fingerprint density at radius 2 is 1.46 bits per heavy atom. The lowest BCUT2D eigenvalue weighted by Gasteiger charge is -2.09. The highest BCUT2D eigenvalue weighted by molar-refractivity contribution is 5.92. The van der Waals surface area contributed by atoms with E-state index in [1.54, 1.807) is 24.5 Å². The number of esters is 1. The van der Waals surface area contributed by atoms with Crippen molar-refractivity contribution >= 4 is 17.6 Å². The molecule has 3 nitrogen and oxygen atoms in total. The summed E-state index contributed by atoms with van der Waals surface area (Å²) in [6.45, 7) is 0. The first-order chi connectivity index (χ1) is 11.8. The first kappa shape index (κ1) is 15.7. The molecule has 0 amide bonds. The molecular formula is C21H17NO2. The Labute approximate surface area is 141 Å². The lowest BCUT2D eigenvalue weighted by atomic mass is 9.96. The van der Waals surface area contributed by atoms with E-state index >= 15 is 0 Å². The van der Waals surface area contributed by atoms with Crippen molar-refractivity contribution in [3.63, 3.8) is 0 Å². The summed E-state index contributed by atoms with van der Waals surface area (Å²) in [6, 6.07) is 21.5. The number of aromatic nitrogens is 1. The van der Waals surface area contributed by atoms with Crippen LogP contribution in [0.2, 0.25) is 0 Å². The zero-order chi connectivity index (χ0) is 16.8. The quantitative estimate of drug-likeness (QED) is 0.527. The molecule has 3 heteroatoms. The van der Waals surface area contributed by atoms with Crippen molar-refractivity contribution < 1.29 is 9.53 Å². The molecule has 0 aliphatic rings. The predicted molar refractivity (Wildman–Crippen MR) is 95.4 cm³/mol. The Morgan fingerprint density at radius 1 is 0.833 bits per heavy atom. The number of nitrogens with zero attached hydrogens (tertiary/aromatic N) is 1. The average molecular weight is 315 g/mol. The maximum absolute atomic E-state index is 11.5. The van der Waals surface area contributed by atoms with Crippen LogP contribution in [0.25, 0.3) is 11.6 Å². The van der Waals surface area contributed by atoms with Gasteiger partial charge in [0.05, 0.1) is 12.7 Å². The van der Waals surface area contributed by atoms with E-state index < -0.39 is 0 Å². The highest BCUT2D eigenvalue weighted by Gasteiger charge is 2.07. The van der Waals surface area contributed by atoms with Crippen molar-refractivity contribution in [3.05, 3.63) is 101 Å². The van der Waals surface area contributed by atoms with E-state index in [1.165, 1.54) is 7.11 Å². The molecule has 3 aromatic rings. The summed E-state index contributed by atoms with van der Waals surface area (Å²) in [4.78, 5) is 15.6. The van der Waals surface area contributed by atoms with Gasteiger partial charge in [0.25, 0.3) is 0 Å². The summed E-state index contributed by atoms with van der Waals surface area (Å²) in [7, 11) is 1.38. The molecule has 24 heavy (non-hydrogen) atoms. The standard InChI is InChI=1S/C21H17NO2/c1-24-21(23)19-9-7-16(8-10-19)15-20(17-5-3-2-4-6-17)18-11-13-22-14-12-18/h2-15H,1H3. The van der Waals surface area contributed by atoms with E-state index in [-0.39, 0.29) is 5.97 Å². The van der Waals surface area contributed by atoms with Crippen LogP contribution in [0.5, 0.6) is 0 Å². The van der Waals surface area contributed by atoms with Gasteiger partial charge in [-0.05, 0) is 52.6 Å². The number of carbonyl (C=O) groups excluding carboxylic acids is 1. The zero-order valence-electron chi connectivity index (χ0n) is 13.3. The number of hydrogen-bond acceptors (Lipinski definition) is 3. The Bertz CT molecular complexity index is 797. The van der Waals surface area contributed by atoms with E-state index in [0.717, 1.165) is 22.3 Å². The van der Waals surface area contributed by atoms with Gasteiger partial charge in [0.15, 0.2) is 0 Å². The molecule has 0 fully saturated rings. The Kier molecular flexibility index (Phi) is 4.82. The molecule has 0 unspecified atom stereocenters. The van der Waals surface area contributed by atoms with Crippen LogP contribution in [0.4, 0.5) is 0 Å². The van der Waals surface area contributed by atoms with Crippen molar-refractivity contribution in [3.8, 4) is 0 Å². The van der Waals surface area contributed by atoms with Crippen LogP contribution < -0.4 is 0 Å². The Hall–Kier alpha value is -3.20. The van der Waals surface area contributed by atoms with Crippen LogP contribution in [0.15, 0.2) is 79.1 Å². The monoisotopic (exact) mass is 315 g/mol. The summed E-state index contributed by atoms with van der Waals surface area (Å²) >= 11 is 0. The molecule has 0 saturated carbocycles. The third-order valence-corrected chi connectivity index (χ3v) is 3.72. The SMILES string of the molecule is COC(=O)c1ccc(C=C(c2ccccc2)c2ccncc2)cc1. The second-order valence-corrected chi connectivity index (χ2v) is 5.27. The minimum Gasteiger partial charge on any atom is -0.465 e. The zero-order valence-corrected chi connectivity index (χ0v) is 13.3. The summed E-state index contributed by atoms with van der Waals surface area (Å²) in [5.41, 5.74) is 4.87. The molecule has 1 heterocycles. The molecule has 0 atom stereocenters. The lowest BCUT2D eigenvalue weighted by molar-refractivity contribution is 0.0600. The van der Waals surface area contributed by atoms with E-state index in [2.05, 4.69) is 23.2 Å². The summed E-state index contributed by atoms with van der Waals surface area (Å²) in [6.07, 6.45) is 5.67. The van der Waals surface area contributed by atoms with Crippen LogP contribution in [-0.2, 0) is 4.74 Å². The van der Waals surface area contributed by atoms with Crippen molar-refractivity contribution in [1.29, 1.82) is 0 Å². The number of methoxy groups -OCH3 is 1. The van der Waals surface area contributed by atoms with Crippen LogP contribution in [0.1, 0.15) is 27.0 Å². The fourth-order valence-corrected chi connectivity index (χ4v) is 2.48. The topological polar surface area (TPSA) is 39.2 Å². The van der Waals surface area contributed by atoms with Gasteiger partial charge in [-0.1, -0.05) is 42.5 Å². The second-order valence-electron chi connectivity index (χ2n) is 5.27. The number of hydrogen-bond donors (Lipinski definition) is 0. The fraction of sp³-hybridized carbons (Fsp3) is 0.0476. The molecule has 0 bridgehead atoms. The molecule has 3 rings (SSSR count). The smallest absolute Gasteiger partial charge is 0.337 e. The molecule has 0 aliphatic carbocycles. The molecule has 118 valence electrons. The van der Waals surface area contributed by atoms with Crippen molar-refractivity contribution in [2.75, 3.05) is 7.11 Å². The third kappa shape index (κ3) is 3.58. The molecule has 0 saturated heterocycles. The van der Waals surface area contributed by atoms with E-state index in [4.69, 9.17) is 4.74 Å². The van der Waals surface area contributed by atoms with Crippen molar-refractivity contribution in [2.24, 2.45) is 0 Å². The fourth-order valence-electron chi connectivity index (χ4n) is 2.48. The van der Waals surface area contributed by atoms with Gasteiger partial charge in [-0.15, -0.1) is 0 Å². The van der Waals surface area contributed by atoms with Crippen LogP contribution in [0.3, 0.4) is 0 Å². The highest BCUT2D eigenvalue weighted by atomic mass is 16.5. The maximum Gasteiger partial charge on any atom is 0.337 e. The minimum absolute atomic E-state index is 0.331. The van der Waals surface area contributed by atoms with Crippen molar-refractivity contribution in [2.45, 2.75) is 0 Å². The number of rotatable bonds is 4. The largest absolute Gasteiger partial charge is 0.465 e. The normalized spacial score (nSPS) is 11.1. The van der Waals surface area contributed by atoms with E-state index in [0.29, 0.717) is 5.56 Å². The summed E-state index contributed by atoms with van der Waals surface area (Å²) < 4.78 is 4.73. The molecule has 2 aromatic carbocycles. The van der Waals surface area contributed by atoms with Gasteiger partial charge in [-0.25, -0.2) is 4.79 Å². The molecule has 1 aromatic heterocycles. The Balaban J connectivity index is 2.02. The van der Waals surface area contributed by atoms with Gasteiger partial charge in [-0.2, -0.15) is 0 Å². The summed E-state index contributed by atoms with van der Waals surface area (Å²) in [5, 5.41) is 0. The second kappa shape index (κ2) is 7.38. The van der Waals surface area contributed by atoms with Gasteiger partial charge in [-0.3, -0.25) is 4.98 Å². The van der Waals surface area contributed by atoms with Crippen LogP contribution in [-0.4, -0.2) is 18.1 Å². The highest BCUT2D eigenvalue weighted by Crippen LogP contribution is 2.25. The molecular weight excluding hydrogens is 298 g/mol. The Morgan fingerprint density at radius 3 is 2.08 bits per heavy atom. The third-order valence-electron chi connectivity index (χ3n) is 3.72. The predicted octanol–water partition coefficient (Wildman–Crippen LogP) is 4.46. The van der Waals surface area contributed by atoms with Gasteiger partial charge in [0, 0.05) is 12.4 Å². The first-order valence-corrected chi connectivity index (χ1v) is 7.64. The van der Waals surface area contributed by atoms with E-state index in [1.807, 2.05) is 42.5 Å². The molecule has 0 N–H and O–H groups in total. The lowest BCUT2D eigenvalue weighted by Crippen LogP contribution is -2.00. The summed E-state index contributed by atoms with van der Waals surface area (Å²) in [5.74, 6) is -0.331. The van der Waals surface area contributed by atoms with Gasteiger partial charge >= 0.3 is 5.97 Å². The van der Waals surface area contributed by atoms with Gasteiger partial charge < -0.3 is 4.74 Å². The van der Waals surface area contributed by atoms with Crippen LogP contribution >= 0.6 is 0 Å². The molecule has 0 aliphatic heterocycles. The molecule has 0 radical (unpaired) electrons. The van der Waals surface area contributed by atoms with Crippen LogP contribution in [0, 0.1) is 0 Å². The number of pyridine rings is 1. The minimum atomic E-state index is -0.331. The number of ether oxygens (including phenoxy) is 1. The average Bonchev–Trinajstić information content (AvgIpc) is 2.67. The number of carbonyl (C=O) groups is 1. The van der Waals surface area contributed by atoms with Gasteiger partial charge in [0.1, 0.15) is 0 Å². The molecule has 0 spiro atoms. The van der Waals surface area contributed by atoms with E-state index in [9.17, 15) is 4.79 Å². The van der Waals surface area contributed by atoms with Gasteiger partial charge in [0.2, 0.25) is 0 Å². The number of benzene rings is 2. The van der Waals surface area contributed by atoms with Crippen molar-refractivity contribution in [1.82, 2.24) is 4.98 Å². The maximum atomic E-state index is 11.5. The first-order valence-electron chi connectivity index (χ1n) is 7.64.